The molecule has 17 heavy (non-hydrogen) atoms. The summed E-state index contributed by atoms with van der Waals surface area (Å²) in [6.45, 7) is 4.62. The zero-order valence-electron chi connectivity index (χ0n) is 10.1. The molecule has 2 fully saturated rings. The van der Waals surface area contributed by atoms with Crippen LogP contribution in [0, 0.1) is 0 Å². The minimum atomic E-state index is 0.696. The first-order valence-corrected chi connectivity index (χ1v) is 8.07. The first-order valence-electron chi connectivity index (χ1n) is 6.07. The van der Waals surface area contributed by atoms with E-state index in [2.05, 4.69) is 20.4 Å². The molecule has 3 rings (SSSR count). The van der Waals surface area contributed by atoms with Gasteiger partial charge in [0.25, 0.3) is 0 Å². The van der Waals surface area contributed by atoms with Gasteiger partial charge in [0.05, 0.1) is 4.90 Å². The molecule has 2 aliphatic rings. The number of aromatic nitrogens is 1. The number of rotatable bonds is 3. The zero-order valence-corrected chi connectivity index (χ0v) is 11.7. The topological polar surface area (TPSA) is 45.4 Å². The van der Waals surface area contributed by atoms with Crippen molar-refractivity contribution in [2.24, 2.45) is 0 Å². The highest BCUT2D eigenvalue weighted by Gasteiger charge is 2.32. The van der Waals surface area contributed by atoms with Gasteiger partial charge in [0.2, 0.25) is 0 Å². The molecule has 1 aliphatic carbocycles. The minimum absolute atomic E-state index is 0.696. The Morgan fingerprint density at radius 3 is 2.59 bits per heavy atom. The van der Waals surface area contributed by atoms with Crippen LogP contribution in [0.15, 0.2) is 4.90 Å². The van der Waals surface area contributed by atoms with Gasteiger partial charge in [-0.25, -0.2) is 0 Å². The Kier molecular flexibility index (Phi) is 3.19. The molecule has 0 radical (unpaired) electrons. The highest BCUT2D eigenvalue weighted by atomic mass is 32.2. The van der Waals surface area contributed by atoms with Gasteiger partial charge in [-0.3, -0.25) is 4.90 Å². The number of nitrogens with zero attached hydrogens (tertiary/aromatic N) is 3. The molecule has 0 unspecified atom stereocenters. The van der Waals surface area contributed by atoms with Gasteiger partial charge in [-0.15, -0.1) is 11.8 Å². The Morgan fingerprint density at radius 1 is 1.29 bits per heavy atom. The molecular formula is C11H18N4S2. The van der Waals surface area contributed by atoms with Gasteiger partial charge >= 0.3 is 0 Å². The summed E-state index contributed by atoms with van der Waals surface area (Å²) >= 11 is 3.25. The van der Waals surface area contributed by atoms with E-state index < -0.39 is 0 Å². The van der Waals surface area contributed by atoms with Gasteiger partial charge in [-0.05, 0) is 30.6 Å². The van der Waals surface area contributed by atoms with Crippen LogP contribution in [-0.2, 0) is 0 Å². The molecule has 0 aromatic carbocycles. The van der Waals surface area contributed by atoms with E-state index in [0.717, 1.165) is 24.0 Å². The van der Waals surface area contributed by atoms with E-state index in [-0.39, 0.29) is 0 Å². The number of nitrogen functional groups attached to an aromatic ring is 1. The second-order valence-corrected chi connectivity index (χ2v) is 6.23. The summed E-state index contributed by atoms with van der Waals surface area (Å²) < 4.78 is 4.27. The molecule has 0 bridgehead atoms. The fourth-order valence-electron chi connectivity index (χ4n) is 2.41. The maximum absolute atomic E-state index is 5.89. The Balaban J connectivity index is 1.68. The monoisotopic (exact) mass is 270 g/mol. The lowest BCUT2D eigenvalue weighted by Crippen LogP contribution is -2.47. The number of nitrogens with two attached hydrogens (primary N) is 1. The molecule has 94 valence electrons. The summed E-state index contributed by atoms with van der Waals surface area (Å²) in [5.41, 5.74) is 5.89. The molecule has 1 aromatic rings. The summed E-state index contributed by atoms with van der Waals surface area (Å²) in [5, 5.41) is 1.27. The second-order valence-electron chi connectivity index (χ2n) is 4.66. The Hall–Kier alpha value is -0.460. The number of anilines is 2. The predicted molar refractivity (Wildman–Crippen MR) is 75.1 cm³/mol. The van der Waals surface area contributed by atoms with Gasteiger partial charge in [0, 0.05) is 32.2 Å². The molecule has 2 N–H and O–H groups in total. The third-order valence-electron chi connectivity index (χ3n) is 3.53. The van der Waals surface area contributed by atoms with Crippen LogP contribution in [0.4, 0.5) is 10.8 Å². The van der Waals surface area contributed by atoms with Crippen LogP contribution in [0.3, 0.4) is 0 Å². The van der Waals surface area contributed by atoms with Crippen molar-refractivity contribution in [3.63, 3.8) is 0 Å². The first-order chi connectivity index (χ1) is 8.29. The number of hydrogen-bond donors (Lipinski definition) is 1. The predicted octanol–water partition coefficient (Wildman–Crippen LogP) is 1.73. The van der Waals surface area contributed by atoms with Crippen LogP contribution >= 0.6 is 23.3 Å². The molecule has 2 heterocycles. The van der Waals surface area contributed by atoms with Crippen LogP contribution in [-0.4, -0.2) is 47.8 Å². The lowest BCUT2D eigenvalue weighted by Gasteiger charge is -2.35. The van der Waals surface area contributed by atoms with Crippen molar-refractivity contribution in [3.8, 4) is 0 Å². The van der Waals surface area contributed by atoms with E-state index >= 15 is 0 Å². The van der Waals surface area contributed by atoms with Gasteiger partial charge < -0.3 is 10.6 Å². The average Bonchev–Trinajstić information content (AvgIpc) is 3.13. The smallest absolute Gasteiger partial charge is 0.153 e. The maximum Gasteiger partial charge on any atom is 0.153 e. The quantitative estimate of drug-likeness (QED) is 0.848. The minimum Gasteiger partial charge on any atom is -0.382 e. The summed E-state index contributed by atoms with van der Waals surface area (Å²) in [7, 11) is 0. The third kappa shape index (κ3) is 2.26. The van der Waals surface area contributed by atoms with Crippen molar-refractivity contribution < 1.29 is 0 Å². The second kappa shape index (κ2) is 4.66. The molecule has 0 spiro atoms. The lowest BCUT2D eigenvalue weighted by atomic mass is 10.3. The van der Waals surface area contributed by atoms with E-state index in [0.29, 0.717) is 5.82 Å². The summed E-state index contributed by atoms with van der Waals surface area (Å²) in [5.74, 6) is 0.696. The largest absolute Gasteiger partial charge is 0.382 e. The van der Waals surface area contributed by atoms with E-state index in [1.165, 1.54) is 30.9 Å². The van der Waals surface area contributed by atoms with Crippen molar-refractivity contribution in [2.45, 2.75) is 23.8 Å². The van der Waals surface area contributed by atoms with Crippen LogP contribution in [0.25, 0.3) is 0 Å². The lowest BCUT2D eigenvalue weighted by molar-refractivity contribution is 0.248. The van der Waals surface area contributed by atoms with Crippen molar-refractivity contribution >= 4 is 34.1 Å². The fraction of sp³-hybridized carbons (Fsp3) is 0.727. The molecule has 1 aliphatic heterocycles. The fourth-order valence-corrected chi connectivity index (χ4v) is 4.15. The summed E-state index contributed by atoms with van der Waals surface area (Å²) in [4.78, 5) is 6.23. The third-order valence-corrected chi connectivity index (χ3v) is 5.39. The molecule has 6 heteroatoms. The molecule has 0 atom stereocenters. The molecule has 1 aromatic heterocycles. The van der Waals surface area contributed by atoms with E-state index in [9.17, 15) is 0 Å². The summed E-state index contributed by atoms with van der Waals surface area (Å²) in [6.07, 6.45) is 4.89. The van der Waals surface area contributed by atoms with Gasteiger partial charge in [-0.2, -0.15) is 4.37 Å². The number of hydrogen-bond acceptors (Lipinski definition) is 6. The van der Waals surface area contributed by atoms with Gasteiger partial charge in [0.15, 0.2) is 5.82 Å². The molecule has 4 nitrogen and oxygen atoms in total. The van der Waals surface area contributed by atoms with E-state index in [1.807, 2.05) is 0 Å². The normalized spacial score (nSPS) is 22.1. The zero-order chi connectivity index (χ0) is 11.8. The van der Waals surface area contributed by atoms with Gasteiger partial charge in [0.1, 0.15) is 5.00 Å². The SMILES string of the molecule is CSc1c(N)nsc1N1CCN(C2CC2)CC1. The molecule has 1 saturated heterocycles. The van der Waals surface area contributed by atoms with Crippen LogP contribution in [0.5, 0.6) is 0 Å². The van der Waals surface area contributed by atoms with Crippen molar-refractivity contribution in [1.82, 2.24) is 9.27 Å². The standard InChI is InChI=1S/C11H18N4S2/c1-16-9-10(12)13-17-11(9)15-6-4-14(5-7-15)8-2-3-8/h8H,2-7H2,1H3,(H2,12,13). The molecular weight excluding hydrogens is 252 g/mol. The maximum atomic E-state index is 5.89. The van der Waals surface area contributed by atoms with Crippen LogP contribution < -0.4 is 10.6 Å². The van der Waals surface area contributed by atoms with Crippen molar-refractivity contribution in [1.29, 1.82) is 0 Å². The molecule has 1 saturated carbocycles. The summed E-state index contributed by atoms with van der Waals surface area (Å²) in [6, 6.07) is 0.892. The Bertz CT molecular complexity index is 394. The average molecular weight is 270 g/mol. The number of thioether (sulfide) groups is 1. The number of piperazine rings is 1. The van der Waals surface area contributed by atoms with E-state index in [4.69, 9.17) is 5.73 Å². The van der Waals surface area contributed by atoms with Crippen molar-refractivity contribution in [2.75, 3.05) is 43.1 Å². The van der Waals surface area contributed by atoms with Gasteiger partial charge in [-0.1, -0.05) is 0 Å². The Morgan fingerprint density at radius 2 is 2.00 bits per heavy atom. The van der Waals surface area contributed by atoms with Crippen molar-refractivity contribution in [3.05, 3.63) is 0 Å². The first kappa shape index (κ1) is 11.6. The van der Waals surface area contributed by atoms with Crippen LogP contribution in [0.2, 0.25) is 0 Å². The highest BCUT2D eigenvalue weighted by molar-refractivity contribution is 7.99. The highest BCUT2D eigenvalue weighted by Crippen LogP contribution is 2.38. The molecule has 0 amide bonds. The Labute approximate surface area is 110 Å². The van der Waals surface area contributed by atoms with E-state index in [1.54, 1.807) is 23.3 Å². The van der Waals surface area contributed by atoms with Crippen LogP contribution in [0.1, 0.15) is 12.8 Å².